The van der Waals surface area contributed by atoms with E-state index in [1.807, 2.05) is 0 Å². The predicted molar refractivity (Wildman–Crippen MR) is 51.7 cm³/mol. The minimum absolute atomic E-state index is 0.0134. The van der Waals surface area contributed by atoms with Crippen molar-refractivity contribution >= 4 is 0 Å². The molecule has 10 heteroatoms. The minimum atomic E-state index is -5.02. The lowest BCUT2D eigenvalue weighted by molar-refractivity contribution is -0.275. The molecule has 0 spiro atoms. The van der Waals surface area contributed by atoms with Crippen molar-refractivity contribution in [2.75, 3.05) is 0 Å². The van der Waals surface area contributed by atoms with Crippen LogP contribution < -0.4 is 4.74 Å². The molecule has 0 saturated carbocycles. The van der Waals surface area contributed by atoms with Crippen molar-refractivity contribution < 1.29 is 27.4 Å². The van der Waals surface area contributed by atoms with Gasteiger partial charge in [-0.05, 0) is 22.6 Å². The number of rotatable bonds is 3. The van der Waals surface area contributed by atoms with E-state index in [1.165, 1.54) is 0 Å². The Morgan fingerprint density at radius 3 is 2.58 bits per heavy atom. The van der Waals surface area contributed by atoms with Gasteiger partial charge >= 0.3 is 6.36 Å². The molecule has 0 aliphatic rings. The van der Waals surface area contributed by atoms with Crippen molar-refractivity contribution in [3.05, 3.63) is 29.8 Å². The van der Waals surface area contributed by atoms with Gasteiger partial charge in [0.05, 0.1) is 12.3 Å². The molecule has 1 aromatic carbocycles. The molecular formula is C9H6F4N4O2. The van der Waals surface area contributed by atoms with Crippen LogP contribution in [0.15, 0.2) is 18.5 Å². The summed E-state index contributed by atoms with van der Waals surface area (Å²) in [5.74, 6) is -2.36. The van der Waals surface area contributed by atoms with Gasteiger partial charge in [-0.25, -0.2) is 9.07 Å². The van der Waals surface area contributed by atoms with Crippen LogP contribution in [-0.2, 0) is 6.61 Å². The van der Waals surface area contributed by atoms with Gasteiger partial charge in [0.2, 0.25) is 0 Å². The molecule has 0 aliphatic heterocycles. The summed E-state index contributed by atoms with van der Waals surface area (Å²) in [7, 11) is 0. The largest absolute Gasteiger partial charge is 0.573 e. The molecule has 0 radical (unpaired) electrons. The predicted octanol–water partition coefficient (Wildman–Crippen LogP) is 1.19. The fourth-order valence-electron chi connectivity index (χ4n) is 1.43. The van der Waals surface area contributed by atoms with E-state index in [-0.39, 0.29) is 5.69 Å². The van der Waals surface area contributed by atoms with E-state index in [1.54, 1.807) is 0 Å². The van der Waals surface area contributed by atoms with E-state index in [2.05, 4.69) is 20.3 Å². The summed E-state index contributed by atoms with van der Waals surface area (Å²) in [6.07, 6.45) is -3.91. The lowest BCUT2D eigenvalue weighted by Gasteiger charge is -2.13. The van der Waals surface area contributed by atoms with Crippen molar-refractivity contribution in [2.24, 2.45) is 0 Å². The monoisotopic (exact) mass is 278 g/mol. The average molecular weight is 278 g/mol. The second-order valence-electron chi connectivity index (χ2n) is 3.34. The highest BCUT2D eigenvalue weighted by atomic mass is 19.4. The Balaban J connectivity index is 2.48. The van der Waals surface area contributed by atoms with Crippen molar-refractivity contribution in [2.45, 2.75) is 13.0 Å². The van der Waals surface area contributed by atoms with Gasteiger partial charge in [-0.1, -0.05) is 0 Å². The first kappa shape index (κ1) is 13.2. The summed E-state index contributed by atoms with van der Waals surface area (Å²) in [5.41, 5.74) is -0.395. The summed E-state index contributed by atoms with van der Waals surface area (Å²) in [6, 6.07) is 1.88. The Labute approximate surface area is 103 Å². The van der Waals surface area contributed by atoms with Crippen LogP contribution in [0.1, 0.15) is 5.56 Å². The van der Waals surface area contributed by atoms with Crippen LogP contribution in [0.3, 0.4) is 0 Å². The number of tetrazole rings is 1. The Morgan fingerprint density at radius 1 is 1.32 bits per heavy atom. The standard InChI is InChI=1S/C9H6F4N4O2/c10-8-5(3-18)6(17-4-14-15-16-17)1-2-7(8)19-9(11,12)13/h1-2,4,18H,3H2. The first-order valence-corrected chi connectivity index (χ1v) is 4.83. The lowest BCUT2D eigenvalue weighted by atomic mass is 10.1. The summed E-state index contributed by atoms with van der Waals surface area (Å²) in [6.45, 7) is -0.837. The van der Waals surface area contributed by atoms with Gasteiger partial charge in [-0.15, -0.1) is 18.3 Å². The molecule has 0 unspecified atom stereocenters. The summed E-state index contributed by atoms with van der Waals surface area (Å²) in [4.78, 5) is 0. The quantitative estimate of drug-likeness (QED) is 0.854. The fourth-order valence-corrected chi connectivity index (χ4v) is 1.43. The van der Waals surface area contributed by atoms with E-state index in [4.69, 9.17) is 5.11 Å². The SMILES string of the molecule is OCc1c(-n2cnnn2)ccc(OC(F)(F)F)c1F. The number of alkyl halides is 3. The number of aliphatic hydroxyl groups excluding tert-OH is 1. The smallest absolute Gasteiger partial charge is 0.403 e. The molecule has 102 valence electrons. The van der Waals surface area contributed by atoms with E-state index in [9.17, 15) is 17.6 Å². The molecule has 0 aliphatic carbocycles. The van der Waals surface area contributed by atoms with Crippen LogP contribution in [0, 0.1) is 5.82 Å². The van der Waals surface area contributed by atoms with Crippen molar-refractivity contribution in [3.8, 4) is 11.4 Å². The van der Waals surface area contributed by atoms with Crippen molar-refractivity contribution in [1.82, 2.24) is 20.2 Å². The van der Waals surface area contributed by atoms with E-state index in [0.29, 0.717) is 0 Å². The number of aromatic nitrogens is 4. The summed E-state index contributed by atoms with van der Waals surface area (Å²) in [5, 5.41) is 19.1. The van der Waals surface area contributed by atoms with Crippen LogP contribution in [0.25, 0.3) is 5.69 Å². The van der Waals surface area contributed by atoms with Gasteiger partial charge in [0.25, 0.3) is 0 Å². The normalized spacial score (nSPS) is 11.6. The molecule has 2 rings (SSSR count). The zero-order valence-electron chi connectivity index (χ0n) is 9.10. The number of ether oxygens (including phenoxy) is 1. The Morgan fingerprint density at radius 2 is 2.05 bits per heavy atom. The van der Waals surface area contributed by atoms with Crippen LogP contribution >= 0.6 is 0 Å². The molecule has 6 nitrogen and oxygen atoms in total. The second-order valence-corrected chi connectivity index (χ2v) is 3.34. The zero-order valence-corrected chi connectivity index (χ0v) is 9.10. The molecule has 0 fully saturated rings. The molecule has 0 atom stereocenters. The molecule has 0 saturated heterocycles. The second kappa shape index (κ2) is 4.80. The third kappa shape index (κ3) is 2.78. The number of halogens is 4. The van der Waals surface area contributed by atoms with E-state index >= 15 is 0 Å². The number of aliphatic hydroxyl groups is 1. The third-order valence-corrected chi connectivity index (χ3v) is 2.16. The summed E-state index contributed by atoms with van der Waals surface area (Å²) >= 11 is 0. The molecule has 2 aromatic rings. The van der Waals surface area contributed by atoms with Gasteiger partial charge in [-0.3, -0.25) is 0 Å². The van der Waals surface area contributed by atoms with Crippen molar-refractivity contribution in [1.29, 1.82) is 0 Å². The maximum absolute atomic E-state index is 13.8. The highest BCUT2D eigenvalue weighted by Gasteiger charge is 2.33. The molecule has 19 heavy (non-hydrogen) atoms. The van der Waals surface area contributed by atoms with Crippen LogP contribution in [0.5, 0.6) is 5.75 Å². The van der Waals surface area contributed by atoms with Gasteiger partial charge in [0.1, 0.15) is 6.33 Å². The average Bonchev–Trinajstić information content (AvgIpc) is 2.83. The van der Waals surface area contributed by atoms with Gasteiger partial charge in [0, 0.05) is 5.56 Å². The van der Waals surface area contributed by atoms with Gasteiger partial charge in [-0.2, -0.15) is 0 Å². The highest BCUT2D eigenvalue weighted by Crippen LogP contribution is 2.30. The Kier molecular flexibility index (Phi) is 3.34. The van der Waals surface area contributed by atoms with Crippen LogP contribution in [0.4, 0.5) is 17.6 Å². The fraction of sp³-hybridized carbons (Fsp3) is 0.222. The van der Waals surface area contributed by atoms with E-state index < -0.39 is 30.1 Å². The molecule has 0 bridgehead atoms. The first-order chi connectivity index (χ1) is 8.92. The number of hydrogen-bond donors (Lipinski definition) is 1. The molecule has 1 heterocycles. The highest BCUT2D eigenvalue weighted by molar-refractivity contribution is 5.46. The maximum Gasteiger partial charge on any atom is 0.573 e. The Bertz CT molecular complexity index is 570. The van der Waals surface area contributed by atoms with Crippen LogP contribution in [0.2, 0.25) is 0 Å². The zero-order chi connectivity index (χ0) is 14.0. The summed E-state index contributed by atoms with van der Waals surface area (Å²) < 4.78 is 54.4. The lowest BCUT2D eigenvalue weighted by Crippen LogP contribution is -2.18. The number of nitrogens with zero attached hydrogens (tertiary/aromatic N) is 4. The van der Waals surface area contributed by atoms with Gasteiger partial charge in [0.15, 0.2) is 11.6 Å². The molecule has 1 aromatic heterocycles. The topological polar surface area (TPSA) is 73.1 Å². The number of hydrogen-bond acceptors (Lipinski definition) is 5. The number of benzene rings is 1. The van der Waals surface area contributed by atoms with Crippen LogP contribution in [-0.4, -0.2) is 31.7 Å². The van der Waals surface area contributed by atoms with E-state index in [0.717, 1.165) is 23.1 Å². The molecule has 1 N–H and O–H groups in total. The molecule has 0 amide bonds. The molecular weight excluding hydrogens is 272 g/mol. The Hall–Kier alpha value is -2.23. The third-order valence-electron chi connectivity index (χ3n) is 2.16. The van der Waals surface area contributed by atoms with Crippen molar-refractivity contribution in [3.63, 3.8) is 0 Å². The minimum Gasteiger partial charge on any atom is -0.403 e. The van der Waals surface area contributed by atoms with Gasteiger partial charge < -0.3 is 9.84 Å². The maximum atomic E-state index is 13.8. The first-order valence-electron chi connectivity index (χ1n) is 4.83.